The van der Waals surface area contributed by atoms with Crippen LogP contribution in [0.4, 0.5) is 11.5 Å². The number of para-hydroxylation sites is 2. The molecule has 1 amide bonds. The van der Waals surface area contributed by atoms with E-state index in [0.29, 0.717) is 39.0 Å². The third-order valence-electron chi connectivity index (χ3n) is 6.00. The second-order valence-corrected chi connectivity index (χ2v) is 8.59. The van der Waals surface area contributed by atoms with Crippen molar-refractivity contribution in [2.75, 3.05) is 18.2 Å². The highest BCUT2D eigenvalue weighted by molar-refractivity contribution is 6.16. The molecule has 0 fully saturated rings. The van der Waals surface area contributed by atoms with Crippen LogP contribution in [0.1, 0.15) is 37.4 Å². The van der Waals surface area contributed by atoms with E-state index in [4.69, 9.17) is 20.4 Å². The lowest BCUT2D eigenvalue weighted by molar-refractivity contribution is 0.0600. The van der Waals surface area contributed by atoms with Crippen molar-refractivity contribution in [2.24, 2.45) is 5.10 Å². The molecule has 184 valence electrons. The third kappa shape index (κ3) is 4.50. The average molecular weight is 493 g/mol. The van der Waals surface area contributed by atoms with Crippen LogP contribution in [0.25, 0.3) is 22.2 Å². The second-order valence-electron chi connectivity index (χ2n) is 8.59. The Bertz CT molecular complexity index is 1700. The van der Waals surface area contributed by atoms with Gasteiger partial charge in [-0.2, -0.15) is 9.78 Å². The molecule has 3 N–H and O–H groups in total. The number of nitrogen functional groups attached to an aromatic ring is 1. The molecule has 0 aliphatic heterocycles. The summed E-state index contributed by atoms with van der Waals surface area (Å²) in [7, 11) is 1.33. The number of aryl methyl sites for hydroxylation is 2. The van der Waals surface area contributed by atoms with Crippen LogP contribution in [-0.2, 0) is 4.74 Å². The van der Waals surface area contributed by atoms with Crippen molar-refractivity contribution in [3.05, 3.63) is 94.5 Å². The lowest BCUT2D eigenvalue weighted by atomic mass is 10.1. The lowest BCUT2D eigenvalue weighted by Gasteiger charge is -2.09. The number of nitrogens with one attached hydrogen (secondary N) is 1. The number of esters is 1. The monoisotopic (exact) mass is 492 g/mol. The number of rotatable bonds is 5. The van der Waals surface area contributed by atoms with Gasteiger partial charge in [-0.05, 0) is 60.9 Å². The maximum absolute atomic E-state index is 13.5. The van der Waals surface area contributed by atoms with Gasteiger partial charge < -0.3 is 15.8 Å². The smallest absolute Gasteiger partial charge is 0.337 e. The van der Waals surface area contributed by atoms with Gasteiger partial charge in [-0.15, -0.1) is 0 Å². The number of hydrogen-bond donors (Lipinski definition) is 2. The molecule has 0 saturated heterocycles. The largest absolute Gasteiger partial charge is 0.465 e. The van der Waals surface area contributed by atoms with Gasteiger partial charge in [-0.1, -0.05) is 36.4 Å². The Morgan fingerprint density at radius 3 is 2.41 bits per heavy atom. The molecule has 0 aliphatic rings. The number of methoxy groups -OCH3 is 1. The molecular weight excluding hydrogens is 468 g/mol. The topological polar surface area (TPSA) is 124 Å². The fourth-order valence-electron chi connectivity index (χ4n) is 3.99. The molecule has 5 rings (SSSR count). The highest BCUT2D eigenvalue weighted by atomic mass is 16.5. The van der Waals surface area contributed by atoms with Gasteiger partial charge in [0.25, 0.3) is 5.91 Å². The first-order valence-electron chi connectivity index (χ1n) is 11.5. The molecule has 9 heteroatoms. The Kier molecular flexibility index (Phi) is 6.10. The third-order valence-corrected chi connectivity index (χ3v) is 6.00. The summed E-state index contributed by atoms with van der Waals surface area (Å²) in [5.74, 6) is -0.724. The number of carbonyl (C=O) groups is 2. The van der Waals surface area contributed by atoms with E-state index in [9.17, 15) is 9.59 Å². The zero-order valence-corrected chi connectivity index (χ0v) is 20.5. The summed E-state index contributed by atoms with van der Waals surface area (Å²) in [5.41, 5.74) is 12.4. The maximum atomic E-state index is 13.5. The van der Waals surface area contributed by atoms with Crippen molar-refractivity contribution >= 4 is 51.8 Å². The second kappa shape index (κ2) is 9.54. The van der Waals surface area contributed by atoms with Crippen LogP contribution >= 0.6 is 0 Å². The molecule has 2 aromatic heterocycles. The van der Waals surface area contributed by atoms with Gasteiger partial charge in [0.2, 0.25) is 0 Å². The fraction of sp³-hybridized carbons (Fsp3) is 0.107. The minimum atomic E-state index is -0.425. The van der Waals surface area contributed by atoms with Gasteiger partial charge in [0.05, 0.1) is 29.9 Å². The Morgan fingerprint density at radius 1 is 1.00 bits per heavy atom. The first-order valence-corrected chi connectivity index (χ1v) is 11.5. The van der Waals surface area contributed by atoms with E-state index in [1.54, 1.807) is 30.5 Å². The van der Waals surface area contributed by atoms with Crippen LogP contribution < -0.4 is 11.1 Å². The molecule has 9 nitrogen and oxygen atoms in total. The van der Waals surface area contributed by atoms with Crippen molar-refractivity contribution in [1.29, 1.82) is 0 Å². The highest BCUT2D eigenvalue weighted by Gasteiger charge is 2.24. The number of amides is 1. The van der Waals surface area contributed by atoms with Crippen LogP contribution in [0.5, 0.6) is 0 Å². The van der Waals surface area contributed by atoms with Crippen molar-refractivity contribution in [1.82, 2.24) is 14.6 Å². The van der Waals surface area contributed by atoms with Crippen molar-refractivity contribution in [2.45, 2.75) is 13.8 Å². The molecule has 2 heterocycles. The summed E-state index contributed by atoms with van der Waals surface area (Å²) in [4.78, 5) is 34.6. The summed E-state index contributed by atoms with van der Waals surface area (Å²) >= 11 is 0. The van der Waals surface area contributed by atoms with E-state index in [0.717, 1.165) is 11.1 Å². The predicted molar refractivity (Wildman–Crippen MR) is 144 cm³/mol. The molecule has 0 spiro atoms. The molecule has 5 aromatic rings. The number of carbonyl (C=O) groups excluding carboxylic acids is 2. The Morgan fingerprint density at radius 2 is 1.70 bits per heavy atom. The van der Waals surface area contributed by atoms with E-state index in [1.165, 1.54) is 11.8 Å². The van der Waals surface area contributed by atoms with E-state index in [1.807, 2.05) is 56.3 Å². The van der Waals surface area contributed by atoms with Gasteiger partial charge in [-0.3, -0.25) is 4.79 Å². The Hall–Kier alpha value is -5.05. The average Bonchev–Trinajstić information content (AvgIpc) is 3.17. The summed E-state index contributed by atoms with van der Waals surface area (Å²) in [5, 5.41) is 7.48. The van der Waals surface area contributed by atoms with Crippen LogP contribution in [-0.4, -0.2) is 39.8 Å². The fourth-order valence-corrected chi connectivity index (χ4v) is 3.99. The zero-order valence-electron chi connectivity index (χ0n) is 20.5. The van der Waals surface area contributed by atoms with E-state index < -0.39 is 11.9 Å². The molecule has 0 aliphatic carbocycles. The molecule has 0 atom stereocenters. The van der Waals surface area contributed by atoms with Crippen LogP contribution in [0.15, 0.2) is 71.8 Å². The zero-order chi connectivity index (χ0) is 26.1. The summed E-state index contributed by atoms with van der Waals surface area (Å²) in [6.45, 7) is 3.88. The first kappa shape index (κ1) is 23.7. The van der Waals surface area contributed by atoms with Crippen molar-refractivity contribution in [3.63, 3.8) is 0 Å². The van der Waals surface area contributed by atoms with E-state index in [-0.39, 0.29) is 11.4 Å². The van der Waals surface area contributed by atoms with Crippen LogP contribution in [0, 0.1) is 13.8 Å². The molecule has 0 radical (unpaired) electrons. The van der Waals surface area contributed by atoms with Crippen LogP contribution in [0.2, 0.25) is 0 Å². The SMILES string of the molecule is COC(=O)c1ccc(/C=N/n2c(N)c(C(=O)Nc3cc(C)ccc3C)c3nc4ccccc4nc32)cc1. The predicted octanol–water partition coefficient (Wildman–Crippen LogP) is 4.70. The molecule has 0 saturated carbocycles. The van der Waals surface area contributed by atoms with E-state index in [2.05, 4.69) is 10.4 Å². The molecule has 37 heavy (non-hydrogen) atoms. The van der Waals surface area contributed by atoms with Crippen molar-refractivity contribution < 1.29 is 14.3 Å². The summed E-state index contributed by atoms with van der Waals surface area (Å²) in [6, 6.07) is 19.9. The quantitative estimate of drug-likeness (QED) is 0.271. The Labute approximate surface area is 212 Å². The minimum absolute atomic E-state index is 0.107. The maximum Gasteiger partial charge on any atom is 0.337 e. The first-order chi connectivity index (χ1) is 17.9. The highest BCUT2D eigenvalue weighted by Crippen LogP contribution is 2.29. The standard InChI is InChI=1S/C28H24N6O3/c1-16-8-9-17(2)22(14-16)33-27(35)23-24-26(32-21-7-5-4-6-20(21)31-24)34(25(23)29)30-15-18-10-12-19(13-11-18)28(36)37-3/h4-15H,29H2,1-3H3,(H,33,35)/b30-15+. The number of ether oxygens (including phenoxy) is 1. The van der Waals surface area contributed by atoms with Gasteiger partial charge in [-0.25, -0.2) is 14.8 Å². The number of aromatic nitrogens is 3. The van der Waals surface area contributed by atoms with Gasteiger partial charge in [0.15, 0.2) is 5.65 Å². The van der Waals surface area contributed by atoms with Gasteiger partial charge in [0, 0.05) is 5.69 Å². The number of anilines is 2. The summed E-state index contributed by atoms with van der Waals surface area (Å²) in [6.07, 6.45) is 1.57. The number of nitrogens with two attached hydrogens (primary N) is 1. The van der Waals surface area contributed by atoms with Crippen LogP contribution in [0.3, 0.4) is 0 Å². The normalized spacial score (nSPS) is 11.3. The number of hydrogen-bond acceptors (Lipinski definition) is 7. The van der Waals surface area contributed by atoms with E-state index >= 15 is 0 Å². The molecular formula is C28H24N6O3. The molecule has 3 aromatic carbocycles. The molecule has 0 unspecified atom stereocenters. The van der Waals surface area contributed by atoms with Gasteiger partial charge >= 0.3 is 5.97 Å². The van der Waals surface area contributed by atoms with Crippen molar-refractivity contribution in [3.8, 4) is 0 Å². The minimum Gasteiger partial charge on any atom is -0.465 e. The van der Waals surface area contributed by atoms with Gasteiger partial charge in [0.1, 0.15) is 16.9 Å². The summed E-state index contributed by atoms with van der Waals surface area (Å²) < 4.78 is 6.14. The number of fused-ring (bicyclic) bond motifs is 2. The Balaban J connectivity index is 1.61. The molecule has 0 bridgehead atoms. The number of benzene rings is 3. The number of nitrogens with zero attached hydrogens (tertiary/aromatic N) is 4. The lowest BCUT2D eigenvalue weighted by Crippen LogP contribution is -2.15.